The number of hydrogen-bond donors (Lipinski definition) is 3. The molecule has 0 radical (unpaired) electrons. The highest BCUT2D eigenvalue weighted by atomic mass is 19.3. The molecule has 0 aromatic heterocycles. The molecule has 0 bridgehead atoms. The zero-order valence-electron chi connectivity index (χ0n) is 23.0. The number of carbonyl (C=O) groups is 2. The second-order valence-corrected chi connectivity index (χ2v) is 11.3. The molecule has 2 amide bonds. The van der Waals surface area contributed by atoms with Gasteiger partial charge in [-0.25, -0.2) is 18.0 Å². The monoisotopic (exact) mass is 564 g/mol. The van der Waals surface area contributed by atoms with Gasteiger partial charge in [0.05, 0.1) is 18.0 Å². The van der Waals surface area contributed by atoms with Crippen LogP contribution < -0.4 is 5.32 Å². The lowest BCUT2D eigenvalue weighted by molar-refractivity contribution is -0.136. The lowest BCUT2D eigenvalue weighted by Gasteiger charge is -2.44. The van der Waals surface area contributed by atoms with E-state index in [2.05, 4.69) is 5.32 Å². The molecule has 2 fully saturated rings. The lowest BCUT2D eigenvalue weighted by atomic mass is 9.76. The molecule has 40 heavy (non-hydrogen) atoms. The Morgan fingerprint density at radius 2 is 1.90 bits per heavy atom. The number of alkyl carbamates (subject to hydrolysis) is 1. The van der Waals surface area contributed by atoms with Crippen molar-refractivity contribution < 1.29 is 37.5 Å². The van der Waals surface area contributed by atoms with Crippen LogP contribution in [0.25, 0.3) is 0 Å². The maximum Gasteiger partial charge on any atom is 0.475 e. The van der Waals surface area contributed by atoms with Crippen LogP contribution in [0.5, 0.6) is 0 Å². The minimum absolute atomic E-state index is 0.00395. The van der Waals surface area contributed by atoms with E-state index in [4.69, 9.17) is 4.74 Å². The van der Waals surface area contributed by atoms with Gasteiger partial charge < -0.3 is 25.0 Å². The molecule has 13 heteroatoms. The fourth-order valence-electron chi connectivity index (χ4n) is 5.16. The second kappa shape index (κ2) is 12.6. The second-order valence-electron chi connectivity index (χ2n) is 11.3. The smallest absolute Gasteiger partial charge is 0.447 e. The number of nitrogens with zero attached hydrogens (tertiary/aromatic N) is 3. The van der Waals surface area contributed by atoms with E-state index in [1.165, 1.54) is 35.2 Å². The largest absolute Gasteiger partial charge is 0.475 e. The van der Waals surface area contributed by atoms with E-state index in [1.54, 1.807) is 25.7 Å². The van der Waals surface area contributed by atoms with Crippen LogP contribution in [0.4, 0.5) is 18.0 Å². The van der Waals surface area contributed by atoms with Crippen LogP contribution in [0.1, 0.15) is 52.0 Å². The maximum atomic E-state index is 13.8. The summed E-state index contributed by atoms with van der Waals surface area (Å²) in [4.78, 5) is 29.1. The maximum absolute atomic E-state index is 13.8. The van der Waals surface area contributed by atoms with Crippen molar-refractivity contribution in [3.8, 4) is 6.07 Å². The number of halogens is 3. The molecule has 2 aliphatic rings. The Morgan fingerprint density at radius 1 is 1.23 bits per heavy atom. The average molecular weight is 564 g/mol. The summed E-state index contributed by atoms with van der Waals surface area (Å²) in [7, 11) is -1.91. The Labute approximate surface area is 232 Å². The van der Waals surface area contributed by atoms with Crippen molar-refractivity contribution in [1.29, 1.82) is 5.26 Å². The Balaban J connectivity index is 1.68. The van der Waals surface area contributed by atoms with Crippen molar-refractivity contribution in [3.63, 3.8) is 0 Å². The van der Waals surface area contributed by atoms with E-state index >= 15 is 0 Å². The summed E-state index contributed by atoms with van der Waals surface area (Å²) in [6.07, 6.45) is 2.09. The number of alkyl halides is 2. The molecule has 3 rings (SSSR count). The highest BCUT2D eigenvalue weighted by Crippen LogP contribution is 2.34. The van der Waals surface area contributed by atoms with Crippen molar-refractivity contribution in [2.75, 3.05) is 26.2 Å². The Hall–Kier alpha value is -3.08. The normalized spacial score (nSPS) is 22.4. The van der Waals surface area contributed by atoms with Gasteiger partial charge in [-0.3, -0.25) is 9.69 Å². The van der Waals surface area contributed by atoms with Gasteiger partial charge in [0.15, 0.2) is 0 Å². The van der Waals surface area contributed by atoms with Crippen LogP contribution in [0.2, 0.25) is 0 Å². The van der Waals surface area contributed by atoms with Crippen LogP contribution >= 0.6 is 0 Å². The summed E-state index contributed by atoms with van der Waals surface area (Å²) >= 11 is 0. The molecule has 3 N–H and O–H groups in total. The van der Waals surface area contributed by atoms with Crippen LogP contribution in [-0.2, 0) is 16.0 Å². The molecule has 1 aromatic rings. The molecule has 0 saturated carbocycles. The van der Waals surface area contributed by atoms with Gasteiger partial charge in [-0.1, -0.05) is 12.1 Å². The fraction of sp³-hybridized carbons (Fsp3) is 0.593. The van der Waals surface area contributed by atoms with Crippen molar-refractivity contribution in [2.45, 2.75) is 75.8 Å². The summed E-state index contributed by atoms with van der Waals surface area (Å²) in [6, 6.07) is 7.28. The van der Waals surface area contributed by atoms with Crippen LogP contribution in [0, 0.1) is 17.1 Å². The Morgan fingerprint density at radius 3 is 2.48 bits per heavy atom. The van der Waals surface area contributed by atoms with Crippen molar-refractivity contribution >= 4 is 19.1 Å². The zero-order valence-corrected chi connectivity index (χ0v) is 23.0. The molecule has 2 atom stereocenters. The molecule has 2 aliphatic heterocycles. The lowest BCUT2D eigenvalue weighted by Crippen LogP contribution is -2.57. The van der Waals surface area contributed by atoms with Crippen molar-refractivity contribution in [3.05, 3.63) is 47.3 Å². The minimum atomic E-state index is -2.82. The molecule has 1 aromatic carbocycles. The zero-order chi connectivity index (χ0) is 29.7. The average Bonchev–Trinajstić information content (AvgIpc) is 3.27. The first-order valence-corrected chi connectivity index (χ1v) is 13.3. The van der Waals surface area contributed by atoms with Crippen molar-refractivity contribution in [1.82, 2.24) is 15.1 Å². The third-order valence-corrected chi connectivity index (χ3v) is 7.62. The summed E-state index contributed by atoms with van der Waals surface area (Å²) in [5, 5.41) is 31.7. The standard InChI is InChI=1S/C27H36BF3N4O5/c1-25(2,34-13-11-27(30,31)17-34)15-20(16-32)23(36)35-12-5-4-10-26(35,3)18-40-24(37)33-22(28(38)39)14-19-6-8-21(29)9-7-19/h6-9,15,22,38-39H,4-5,10-14,17-18H2,1-3H3,(H,33,37)/b20-15+/t22-,26+/m0/s1. The molecular weight excluding hydrogens is 528 g/mol. The van der Waals surface area contributed by atoms with E-state index in [9.17, 15) is 38.1 Å². The van der Waals surface area contributed by atoms with Crippen LogP contribution in [-0.4, -0.2) is 88.1 Å². The molecule has 2 saturated heterocycles. The number of nitrogens with one attached hydrogen (secondary N) is 1. The number of likely N-dealkylation sites (tertiary alicyclic amines) is 2. The molecule has 218 valence electrons. The summed E-state index contributed by atoms with van der Waals surface area (Å²) in [5.74, 6) is -4.99. The summed E-state index contributed by atoms with van der Waals surface area (Å²) < 4.78 is 46.2. The highest BCUT2D eigenvalue weighted by Gasteiger charge is 2.44. The number of carbonyl (C=O) groups excluding carboxylic acids is 2. The van der Waals surface area contributed by atoms with Gasteiger partial charge in [0.25, 0.3) is 11.8 Å². The van der Waals surface area contributed by atoms with Gasteiger partial charge in [0, 0.05) is 25.0 Å². The quantitative estimate of drug-likeness (QED) is 0.239. The number of piperidine rings is 1. The minimum Gasteiger partial charge on any atom is -0.447 e. The topological polar surface area (TPSA) is 126 Å². The van der Waals surface area contributed by atoms with Gasteiger partial charge in [-0.15, -0.1) is 0 Å². The third-order valence-electron chi connectivity index (χ3n) is 7.62. The van der Waals surface area contributed by atoms with E-state index < -0.39 is 54.4 Å². The molecular formula is C27H36BF3N4O5. The number of amides is 2. The van der Waals surface area contributed by atoms with Gasteiger partial charge in [0.1, 0.15) is 24.1 Å². The molecule has 0 spiro atoms. The molecule has 2 heterocycles. The number of rotatable bonds is 9. The fourth-order valence-corrected chi connectivity index (χ4v) is 5.16. The molecule has 0 unspecified atom stereocenters. The van der Waals surface area contributed by atoms with Gasteiger partial charge >= 0.3 is 13.2 Å². The molecule has 0 aliphatic carbocycles. The number of benzene rings is 1. The predicted octanol–water partition coefficient (Wildman–Crippen LogP) is 2.82. The van der Waals surface area contributed by atoms with E-state index in [0.717, 1.165) is 6.42 Å². The summed E-state index contributed by atoms with van der Waals surface area (Å²) in [5.41, 5.74) is -1.54. The Kier molecular flexibility index (Phi) is 9.92. The van der Waals surface area contributed by atoms with E-state index in [0.29, 0.717) is 24.9 Å². The van der Waals surface area contributed by atoms with E-state index in [1.807, 2.05) is 6.07 Å². The van der Waals surface area contributed by atoms with Crippen molar-refractivity contribution in [2.24, 2.45) is 0 Å². The van der Waals surface area contributed by atoms with Gasteiger partial charge in [0.2, 0.25) is 0 Å². The molecule has 9 nitrogen and oxygen atoms in total. The third kappa shape index (κ3) is 7.99. The first kappa shape index (κ1) is 31.5. The van der Waals surface area contributed by atoms with Crippen LogP contribution in [0.3, 0.4) is 0 Å². The van der Waals surface area contributed by atoms with Gasteiger partial charge in [-0.2, -0.15) is 5.26 Å². The first-order valence-electron chi connectivity index (χ1n) is 13.3. The number of hydrogen-bond acceptors (Lipinski definition) is 7. The summed E-state index contributed by atoms with van der Waals surface area (Å²) in [6.45, 7) is 4.85. The first-order chi connectivity index (χ1) is 18.7. The SMILES string of the molecule is CC(C)(/C=C(\C#N)C(=O)N1CCCC[C@]1(C)COC(=O)N[C@@H](Cc1ccc(F)cc1)B(O)O)N1CCC(F)(F)C1. The predicted molar refractivity (Wildman–Crippen MR) is 141 cm³/mol. The number of nitriles is 1. The Bertz CT molecular complexity index is 1140. The van der Waals surface area contributed by atoms with E-state index in [-0.39, 0.29) is 31.6 Å². The highest BCUT2D eigenvalue weighted by molar-refractivity contribution is 6.43. The van der Waals surface area contributed by atoms with Gasteiger partial charge in [-0.05, 0) is 70.2 Å². The van der Waals surface area contributed by atoms with Crippen LogP contribution in [0.15, 0.2) is 35.9 Å². The number of ether oxygens (including phenoxy) is 1.